The lowest BCUT2D eigenvalue weighted by molar-refractivity contribution is 0.0651. The summed E-state index contributed by atoms with van der Waals surface area (Å²) < 4.78 is 5.02. The van der Waals surface area contributed by atoms with E-state index >= 15 is 0 Å². The summed E-state index contributed by atoms with van der Waals surface area (Å²) in [7, 11) is 0. The Hall–Kier alpha value is -2.17. The van der Waals surface area contributed by atoms with E-state index in [2.05, 4.69) is 43.1 Å². The van der Waals surface area contributed by atoms with Gasteiger partial charge in [0.1, 0.15) is 0 Å². The summed E-state index contributed by atoms with van der Waals surface area (Å²) >= 11 is 0. The van der Waals surface area contributed by atoms with Crippen molar-refractivity contribution < 1.29 is 14.3 Å². The van der Waals surface area contributed by atoms with Crippen LogP contribution in [0.2, 0.25) is 0 Å². The Kier molecular flexibility index (Phi) is 3.38. The third-order valence-electron chi connectivity index (χ3n) is 2.83. The Morgan fingerprint density at radius 2 is 1.84 bits per heavy atom. The van der Waals surface area contributed by atoms with Crippen LogP contribution in [0.1, 0.15) is 48.5 Å². The first-order chi connectivity index (χ1) is 8.86. The Morgan fingerprint density at radius 1 is 1.21 bits per heavy atom. The highest BCUT2D eigenvalue weighted by atomic mass is 16.4. The normalized spacial score (nSPS) is 11.5. The lowest BCUT2D eigenvalue weighted by Gasteiger charge is -2.18. The van der Waals surface area contributed by atoms with Crippen LogP contribution in [-0.2, 0) is 11.8 Å². The minimum Gasteiger partial charge on any atom is -0.474 e. The van der Waals surface area contributed by atoms with Gasteiger partial charge in [-0.05, 0) is 16.5 Å². The number of hydrogen-bond acceptors (Lipinski definition) is 4. The van der Waals surface area contributed by atoms with Crippen LogP contribution in [0.3, 0.4) is 0 Å². The van der Waals surface area contributed by atoms with Crippen LogP contribution in [-0.4, -0.2) is 21.3 Å². The van der Waals surface area contributed by atoms with Crippen molar-refractivity contribution in [1.29, 1.82) is 0 Å². The number of rotatable bonds is 3. The number of hydrogen-bond donors (Lipinski definition) is 1. The summed E-state index contributed by atoms with van der Waals surface area (Å²) in [5.74, 6) is -1.27. The van der Waals surface area contributed by atoms with E-state index in [1.54, 1.807) is 0 Å². The number of aromatic carboxylic acids is 1. The second-order valence-electron chi connectivity index (χ2n) is 5.43. The van der Waals surface area contributed by atoms with Crippen LogP contribution in [0.4, 0.5) is 0 Å². The molecule has 19 heavy (non-hydrogen) atoms. The summed E-state index contributed by atoms with van der Waals surface area (Å²) in [4.78, 5) is 10.6. The van der Waals surface area contributed by atoms with Crippen molar-refractivity contribution in [3.63, 3.8) is 0 Å². The van der Waals surface area contributed by atoms with Crippen LogP contribution < -0.4 is 0 Å². The fourth-order valence-electron chi connectivity index (χ4n) is 1.71. The molecule has 0 spiro atoms. The first kappa shape index (κ1) is 13.3. The molecule has 1 heterocycles. The molecular formula is C14H16N2O3. The maximum absolute atomic E-state index is 10.6. The van der Waals surface area contributed by atoms with Gasteiger partial charge in [0.15, 0.2) is 0 Å². The van der Waals surface area contributed by atoms with Gasteiger partial charge < -0.3 is 9.52 Å². The number of carbonyl (C=O) groups is 1. The molecule has 0 saturated heterocycles. The third-order valence-corrected chi connectivity index (χ3v) is 2.83. The van der Waals surface area contributed by atoms with Gasteiger partial charge in [0.05, 0.1) is 6.42 Å². The fraction of sp³-hybridized carbons (Fsp3) is 0.357. The second-order valence-corrected chi connectivity index (χ2v) is 5.43. The quantitative estimate of drug-likeness (QED) is 0.918. The molecule has 0 amide bonds. The van der Waals surface area contributed by atoms with Crippen molar-refractivity contribution in [3.05, 3.63) is 47.2 Å². The summed E-state index contributed by atoms with van der Waals surface area (Å²) in [5.41, 5.74) is 2.36. The maximum Gasteiger partial charge on any atom is 0.393 e. The van der Waals surface area contributed by atoms with Crippen LogP contribution in [0.25, 0.3) is 0 Å². The van der Waals surface area contributed by atoms with E-state index in [0.29, 0.717) is 12.3 Å². The van der Waals surface area contributed by atoms with Gasteiger partial charge in [-0.15, -0.1) is 10.2 Å². The highest BCUT2D eigenvalue weighted by Gasteiger charge is 2.15. The molecule has 5 heteroatoms. The highest BCUT2D eigenvalue weighted by Crippen LogP contribution is 2.22. The Bertz CT molecular complexity index is 579. The van der Waals surface area contributed by atoms with Crippen LogP contribution >= 0.6 is 0 Å². The molecule has 0 fully saturated rings. The van der Waals surface area contributed by atoms with E-state index in [9.17, 15) is 4.79 Å². The van der Waals surface area contributed by atoms with Crippen molar-refractivity contribution in [2.24, 2.45) is 0 Å². The first-order valence-electron chi connectivity index (χ1n) is 6.01. The highest BCUT2D eigenvalue weighted by molar-refractivity contribution is 5.81. The molecule has 0 aliphatic carbocycles. The van der Waals surface area contributed by atoms with Gasteiger partial charge >= 0.3 is 11.9 Å². The molecule has 2 rings (SSSR count). The van der Waals surface area contributed by atoms with Crippen LogP contribution in [0, 0.1) is 0 Å². The molecule has 5 nitrogen and oxygen atoms in total. The predicted octanol–water partition coefficient (Wildman–Crippen LogP) is 2.66. The lowest BCUT2D eigenvalue weighted by atomic mass is 9.86. The van der Waals surface area contributed by atoms with Gasteiger partial charge in [0, 0.05) is 0 Å². The molecule has 0 aliphatic heterocycles. The molecule has 0 unspecified atom stereocenters. The Morgan fingerprint density at radius 3 is 2.32 bits per heavy atom. The summed E-state index contributed by atoms with van der Waals surface area (Å²) in [6.45, 7) is 6.46. The molecule has 0 atom stereocenters. The van der Waals surface area contributed by atoms with Crippen LogP contribution in [0.5, 0.6) is 0 Å². The summed E-state index contributed by atoms with van der Waals surface area (Å²) in [5, 5.41) is 15.9. The zero-order valence-corrected chi connectivity index (χ0v) is 11.2. The standard InChI is InChI=1S/C14H16N2O3/c1-14(2,3)10-6-4-9(5-7-10)8-11-15-16-12(19-11)13(17)18/h4-7H,8H2,1-3H3,(H,17,18). The predicted molar refractivity (Wildman–Crippen MR) is 69.2 cm³/mol. The Labute approximate surface area is 111 Å². The smallest absolute Gasteiger partial charge is 0.393 e. The van der Waals surface area contributed by atoms with Crippen molar-refractivity contribution in [2.75, 3.05) is 0 Å². The van der Waals surface area contributed by atoms with Crippen molar-refractivity contribution in [1.82, 2.24) is 10.2 Å². The van der Waals surface area contributed by atoms with E-state index in [1.165, 1.54) is 5.56 Å². The number of aromatic nitrogens is 2. The number of carboxylic acid groups (broad SMARTS) is 1. The van der Waals surface area contributed by atoms with Gasteiger partial charge in [-0.3, -0.25) is 0 Å². The minimum absolute atomic E-state index is 0.111. The molecule has 1 aromatic heterocycles. The Balaban J connectivity index is 2.13. The monoisotopic (exact) mass is 260 g/mol. The largest absolute Gasteiger partial charge is 0.474 e. The molecule has 2 aromatic rings. The van der Waals surface area contributed by atoms with Crippen molar-refractivity contribution in [2.45, 2.75) is 32.6 Å². The van der Waals surface area contributed by atoms with E-state index in [1.807, 2.05) is 12.1 Å². The number of carboxylic acids is 1. The van der Waals surface area contributed by atoms with Gasteiger partial charge in [-0.25, -0.2) is 4.79 Å². The second kappa shape index (κ2) is 4.84. The van der Waals surface area contributed by atoms with Gasteiger partial charge in [0.2, 0.25) is 5.89 Å². The molecule has 0 radical (unpaired) electrons. The fourth-order valence-corrected chi connectivity index (χ4v) is 1.71. The maximum atomic E-state index is 10.6. The van der Waals surface area contributed by atoms with Gasteiger partial charge in [-0.1, -0.05) is 45.0 Å². The topological polar surface area (TPSA) is 76.2 Å². The van der Waals surface area contributed by atoms with Crippen molar-refractivity contribution in [3.8, 4) is 0 Å². The van der Waals surface area contributed by atoms with Crippen LogP contribution in [0.15, 0.2) is 28.7 Å². The molecule has 0 saturated carbocycles. The average molecular weight is 260 g/mol. The summed E-state index contributed by atoms with van der Waals surface area (Å²) in [6.07, 6.45) is 0.435. The molecule has 1 N–H and O–H groups in total. The first-order valence-corrected chi connectivity index (χ1v) is 6.01. The number of nitrogens with zero attached hydrogens (tertiary/aromatic N) is 2. The minimum atomic E-state index is -1.21. The number of benzene rings is 1. The van der Waals surface area contributed by atoms with E-state index in [4.69, 9.17) is 9.52 Å². The van der Waals surface area contributed by atoms with E-state index < -0.39 is 5.97 Å². The SMILES string of the molecule is CC(C)(C)c1ccc(Cc2nnc(C(=O)O)o2)cc1. The van der Waals surface area contributed by atoms with E-state index in [0.717, 1.165) is 5.56 Å². The zero-order chi connectivity index (χ0) is 14.0. The van der Waals surface area contributed by atoms with Crippen molar-refractivity contribution >= 4 is 5.97 Å². The van der Waals surface area contributed by atoms with Gasteiger partial charge in [-0.2, -0.15) is 0 Å². The molecule has 0 bridgehead atoms. The molecular weight excluding hydrogens is 244 g/mol. The summed E-state index contributed by atoms with van der Waals surface area (Å²) in [6, 6.07) is 8.10. The van der Waals surface area contributed by atoms with Gasteiger partial charge in [0.25, 0.3) is 0 Å². The molecule has 0 aliphatic rings. The zero-order valence-electron chi connectivity index (χ0n) is 11.2. The van der Waals surface area contributed by atoms with E-state index in [-0.39, 0.29) is 11.3 Å². The molecule has 100 valence electrons. The molecule has 1 aromatic carbocycles. The lowest BCUT2D eigenvalue weighted by Crippen LogP contribution is -2.10. The average Bonchev–Trinajstić information content (AvgIpc) is 2.77. The third kappa shape index (κ3) is 3.19.